The molecule has 7 heteroatoms. The van der Waals surface area contributed by atoms with Crippen LogP contribution in [0.5, 0.6) is 0 Å². The molecule has 0 amide bonds. The van der Waals surface area contributed by atoms with Crippen LogP contribution in [0.4, 0.5) is 0 Å². The predicted molar refractivity (Wildman–Crippen MR) is 77.8 cm³/mol. The van der Waals surface area contributed by atoms with Gasteiger partial charge in [0, 0.05) is 31.9 Å². The highest BCUT2D eigenvalue weighted by atomic mass is 32.2. The van der Waals surface area contributed by atoms with Gasteiger partial charge in [-0.3, -0.25) is 0 Å². The van der Waals surface area contributed by atoms with E-state index in [-0.39, 0.29) is 11.1 Å². The Labute approximate surface area is 121 Å². The van der Waals surface area contributed by atoms with Crippen molar-refractivity contribution in [2.24, 2.45) is 11.7 Å². The summed E-state index contributed by atoms with van der Waals surface area (Å²) < 4.78 is 28.8. The van der Waals surface area contributed by atoms with E-state index in [1.54, 1.807) is 6.20 Å². The van der Waals surface area contributed by atoms with Crippen LogP contribution in [0.15, 0.2) is 11.2 Å². The Morgan fingerprint density at radius 3 is 2.80 bits per heavy atom. The number of rotatable bonds is 5. The number of aryl methyl sites for hydroxylation is 2. The second kappa shape index (κ2) is 5.83. The molecule has 0 spiro atoms. The summed E-state index contributed by atoms with van der Waals surface area (Å²) in [7, 11) is -3.53. The van der Waals surface area contributed by atoms with Crippen LogP contribution < -0.4 is 5.73 Å². The number of nitrogens with zero attached hydrogens (tertiary/aromatic N) is 3. The molecule has 0 bridgehead atoms. The molecule has 1 aromatic heterocycles. The second-order valence-electron chi connectivity index (χ2n) is 5.50. The van der Waals surface area contributed by atoms with Crippen molar-refractivity contribution in [1.29, 1.82) is 0 Å². The Morgan fingerprint density at radius 2 is 2.20 bits per heavy atom. The zero-order valence-corrected chi connectivity index (χ0v) is 13.2. The molecule has 6 nitrogen and oxygen atoms in total. The third-order valence-electron chi connectivity index (χ3n) is 4.06. The van der Waals surface area contributed by atoms with Gasteiger partial charge >= 0.3 is 0 Å². The SMILES string of the molecule is CCCn1cc(S(=O)(=O)N2CCC(C)C2CN)nc1C. The molecule has 2 rings (SSSR count). The number of hydrogen-bond acceptors (Lipinski definition) is 4. The first kappa shape index (κ1) is 15.5. The number of aromatic nitrogens is 2. The lowest BCUT2D eigenvalue weighted by Crippen LogP contribution is -2.42. The van der Waals surface area contributed by atoms with Crippen molar-refractivity contribution in [3.8, 4) is 0 Å². The van der Waals surface area contributed by atoms with Crippen LogP contribution in [0.25, 0.3) is 0 Å². The molecule has 1 saturated heterocycles. The molecular formula is C13H24N4O2S. The molecule has 1 fully saturated rings. The van der Waals surface area contributed by atoms with Crippen molar-refractivity contribution in [3.05, 3.63) is 12.0 Å². The minimum Gasteiger partial charge on any atom is -0.334 e. The molecule has 0 aromatic carbocycles. The Hall–Kier alpha value is -0.920. The number of sulfonamides is 1. The van der Waals surface area contributed by atoms with Crippen molar-refractivity contribution in [1.82, 2.24) is 13.9 Å². The van der Waals surface area contributed by atoms with Crippen LogP contribution >= 0.6 is 0 Å². The lowest BCUT2D eigenvalue weighted by Gasteiger charge is -2.23. The second-order valence-corrected chi connectivity index (χ2v) is 7.34. The normalized spacial score (nSPS) is 24.4. The molecule has 1 aliphatic rings. The van der Waals surface area contributed by atoms with Crippen LogP contribution in [0.3, 0.4) is 0 Å². The van der Waals surface area contributed by atoms with Crippen LogP contribution in [0.1, 0.15) is 32.5 Å². The molecule has 2 heterocycles. The highest BCUT2D eigenvalue weighted by Crippen LogP contribution is 2.29. The van der Waals surface area contributed by atoms with Gasteiger partial charge in [-0.15, -0.1) is 0 Å². The van der Waals surface area contributed by atoms with E-state index in [0.29, 0.717) is 19.0 Å². The van der Waals surface area contributed by atoms with Gasteiger partial charge in [0.05, 0.1) is 0 Å². The van der Waals surface area contributed by atoms with E-state index in [0.717, 1.165) is 25.2 Å². The number of nitrogens with two attached hydrogens (primary N) is 1. The van der Waals surface area contributed by atoms with E-state index in [9.17, 15) is 8.42 Å². The lowest BCUT2D eigenvalue weighted by molar-refractivity contribution is 0.353. The summed E-state index contributed by atoms with van der Waals surface area (Å²) in [4.78, 5) is 4.23. The van der Waals surface area contributed by atoms with Gasteiger partial charge in [-0.05, 0) is 25.7 Å². The molecule has 1 aromatic rings. The highest BCUT2D eigenvalue weighted by molar-refractivity contribution is 7.89. The van der Waals surface area contributed by atoms with Crippen LogP contribution in [-0.2, 0) is 16.6 Å². The van der Waals surface area contributed by atoms with E-state index in [1.165, 1.54) is 4.31 Å². The first-order valence-corrected chi connectivity index (χ1v) is 8.61. The maximum Gasteiger partial charge on any atom is 0.262 e. The van der Waals surface area contributed by atoms with Crippen molar-refractivity contribution in [2.45, 2.75) is 51.2 Å². The number of hydrogen-bond donors (Lipinski definition) is 1. The van der Waals surface area contributed by atoms with Gasteiger partial charge in [0.15, 0.2) is 5.03 Å². The molecule has 0 aliphatic carbocycles. The molecule has 20 heavy (non-hydrogen) atoms. The summed E-state index contributed by atoms with van der Waals surface area (Å²) in [6.07, 6.45) is 3.45. The first-order valence-electron chi connectivity index (χ1n) is 7.17. The summed E-state index contributed by atoms with van der Waals surface area (Å²) in [6.45, 7) is 7.61. The molecule has 0 saturated carbocycles. The molecule has 1 aliphatic heterocycles. The summed E-state index contributed by atoms with van der Waals surface area (Å²) in [5.74, 6) is 1.04. The zero-order valence-electron chi connectivity index (χ0n) is 12.4. The van der Waals surface area contributed by atoms with Gasteiger partial charge in [0.2, 0.25) is 0 Å². The summed E-state index contributed by atoms with van der Waals surface area (Å²) >= 11 is 0. The maximum atomic E-state index is 12.7. The average molecular weight is 300 g/mol. The van der Waals surface area contributed by atoms with Crippen molar-refractivity contribution in [3.63, 3.8) is 0 Å². The first-order chi connectivity index (χ1) is 9.41. The molecule has 2 N–H and O–H groups in total. The van der Waals surface area contributed by atoms with E-state index >= 15 is 0 Å². The highest BCUT2D eigenvalue weighted by Gasteiger charge is 2.39. The lowest BCUT2D eigenvalue weighted by atomic mass is 10.0. The predicted octanol–water partition coefficient (Wildman–Crippen LogP) is 0.959. The molecule has 114 valence electrons. The number of imidazole rings is 1. The van der Waals surface area contributed by atoms with Crippen molar-refractivity contribution >= 4 is 10.0 Å². The Bertz CT molecular complexity index is 567. The zero-order chi connectivity index (χ0) is 14.9. The third-order valence-corrected chi connectivity index (χ3v) is 5.86. The smallest absolute Gasteiger partial charge is 0.262 e. The Morgan fingerprint density at radius 1 is 1.50 bits per heavy atom. The molecular weight excluding hydrogens is 276 g/mol. The van der Waals surface area contributed by atoms with Crippen LogP contribution in [-0.4, -0.2) is 41.4 Å². The van der Waals surface area contributed by atoms with Gasteiger partial charge in [-0.1, -0.05) is 13.8 Å². The van der Waals surface area contributed by atoms with Gasteiger partial charge in [-0.2, -0.15) is 4.31 Å². The quantitative estimate of drug-likeness (QED) is 0.878. The van der Waals surface area contributed by atoms with Gasteiger partial charge < -0.3 is 10.3 Å². The minimum absolute atomic E-state index is 0.114. The molecule has 2 atom stereocenters. The van der Waals surface area contributed by atoms with E-state index < -0.39 is 10.0 Å². The van der Waals surface area contributed by atoms with Crippen LogP contribution in [0, 0.1) is 12.8 Å². The van der Waals surface area contributed by atoms with E-state index in [4.69, 9.17) is 5.73 Å². The van der Waals surface area contributed by atoms with Gasteiger partial charge in [0.25, 0.3) is 10.0 Å². The van der Waals surface area contributed by atoms with Crippen molar-refractivity contribution < 1.29 is 8.42 Å². The average Bonchev–Trinajstić information content (AvgIpc) is 2.94. The largest absolute Gasteiger partial charge is 0.334 e. The summed E-state index contributed by atoms with van der Waals surface area (Å²) in [6, 6.07) is -0.114. The Kier molecular flexibility index (Phi) is 4.51. The van der Waals surface area contributed by atoms with Gasteiger partial charge in [-0.25, -0.2) is 13.4 Å². The van der Waals surface area contributed by atoms with Crippen molar-refractivity contribution in [2.75, 3.05) is 13.1 Å². The monoisotopic (exact) mass is 300 g/mol. The fraction of sp³-hybridized carbons (Fsp3) is 0.769. The maximum absolute atomic E-state index is 12.7. The topological polar surface area (TPSA) is 81.2 Å². The summed E-state index contributed by atoms with van der Waals surface area (Å²) in [5, 5.41) is 0.149. The fourth-order valence-electron chi connectivity index (χ4n) is 2.81. The fourth-order valence-corrected chi connectivity index (χ4v) is 4.56. The molecule has 2 unspecified atom stereocenters. The Balaban J connectivity index is 2.33. The third kappa shape index (κ3) is 2.62. The van der Waals surface area contributed by atoms with E-state index in [1.807, 2.05) is 18.4 Å². The molecule has 0 radical (unpaired) electrons. The minimum atomic E-state index is -3.53. The standard InChI is InChI=1S/C13H24N4O2S/c1-4-6-16-9-13(15-11(16)3)20(18,19)17-7-5-10(2)12(17)8-14/h9-10,12H,4-8,14H2,1-3H3. The van der Waals surface area contributed by atoms with Gasteiger partial charge in [0.1, 0.15) is 5.82 Å². The summed E-state index contributed by atoms with van der Waals surface area (Å²) in [5.41, 5.74) is 5.74. The van der Waals surface area contributed by atoms with E-state index in [2.05, 4.69) is 11.9 Å². The van der Waals surface area contributed by atoms with Crippen LogP contribution in [0.2, 0.25) is 0 Å².